The van der Waals surface area contributed by atoms with E-state index in [0.717, 1.165) is 5.56 Å². The van der Waals surface area contributed by atoms with Gasteiger partial charge in [0.05, 0.1) is 13.4 Å². The van der Waals surface area contributed by atoms with E-state index in [2.05, 4.69) is 25.6 Å². The summed E-state index contributed by atoms with van der Waals surface area (Å²) in [5.41, 5.74) is 1.73. The molecule has 2 aromatic heterocycles. The number of carboxylic acids is 1. The Morgan fingerprint density at radius 3 is 2.66 bits per heavy atom. The third kappa shape index (κ3) is 5.90. The van der Waals surface area contributed by atoms with Crippen LogP contribution in [0.15, 0.2) is 67.3 Å². The maximum Gasteiger partial charge on any atom is 0.339 e. The maximum atomic E-state index is 12.2. The van der Waals surface area contributed by atoms with Crippen molar-refractivity contribution in [3.05, 3.63) is 78.4 Å². The van der Waals surface area contributed by atoms with Crippen LogP contribution in [0.2, 0.25) is 0 Å². The minimum Gasteiger partial charge on any atom is -0.497 e. The number of imidazole rings is 1. The lowest BCUT2D eigenvalue weighted by molar-refractivity contribution is -0.131. The topological polar surface area (TPSA) is 168 Å². The number of ether oxygens (including phenoxy) is 5. The number of benzene rings is 2. The number of amides is 2. The molecule has 0 spiro atoms. The van der Waals surface area contributed by atoms with Gasteiger partial charge in [-0.05, 0) is 30.7 Å². The third-order valence-corrected chi connectivity index (χ3v) is 7.14. The molecule has 14 heteroatoms. The summed E-state index contributed by atoms with van der Waals surface area (Å²) in [7, 11) is 1.48. The Hall–Kier alpha value is -5.05. The van der Waals surface area contributed by atoms with E-state index in [0.29, 0.717) is 23.5 Å². The number of hydrogen-bond donors (Lipinski definition) is 3. The van der Waals surface area contributed by atoms with Gasteiger partial charge in [0.2, 0.25) is 0 Å². The zero-order valence-corrected chi connectivity index (χ0v) is 23.8. The zero-order valence-electron chi connectivity index (χ0n) is 23.8. The van der Waals surface area contributed by atoms with Crippen molar-refractivity contribution < 1.29 is 38.4 Å². The van der Waals surface area contributed by atoms with Crippen molar-refractivity contribution in [2.24, 2.45) is 0 Å². The Labute approximate surface area is 251 Å². The van der Waals surface area contributed by atoms with Crippen LogP contribution in [0.25, 0.3) is 17.2 Å². The molecule has 0 bridgehead atoms. The summed E-state index contributed by atoms with van der Waals surface area (Å²) in [5.74, 6) is -0.331. The van der Waals surface area contributed by atoms with E-state index in [-0.39, 0.29) is 23.7 Å². The van der Waals surface area contributed by atoms with Crippen molar-refractivity contribution in [3.8, 4) is 11.5 Å². The van der Waals surface area contributed by atoms with Crippen LogP contribution >= 0.6 is 0 Å². The van der Waals surface area contributed by atoms with Crippen LogP contribution in [0.1, 0.15) is 29.1 Å². The molecule has 14 nitrogen and oxygen atoms in total. The second kappa shape index (κ2) is 12.7. The Morgan fingerprint density at radius 2 is 1.89 bits per heavy atom. The lowest BCUT2D eigenvalue weighted by Gasteiger charge is -2.21. The van der Waals surface area contributed by atoms with Crippen LogP contribution in [-0.4, -0.2) is 81.5 Å². The normalized spacial score (nSPS) is 22.6. The van der Waals surface area contributed by atoms with Gasteiger partial charge in [-0.1, -0.05) is 36.4 Å². The van der Waals surface area contributed by atoms with E-state index in [4.69, 9.17) is 23.7 Å². The first-order chi connectivity index (χ1) is 21.4. The summed E-state index contributed by atoms with van der Waals surface area (Å²) in [6.45, 7) is 2.20. The molecule has 4 unspecified atom stereocenters. The number of fused-ring (bicyclic) bond motifs is 2. The van der Waals surface area contributed by atoms with E-state index in [1.54, 1.807) is 17.6 Å². The predicted molar refractivity (Wildman–Crippen MR) is 156 cm³/mol. The monoisotopic (exact) mass is 602 g/mol. The second-order valence-corrected chi connectivity index (χ2v) is 9.91. The Bertz CT molecular complexity index is 1680. The van der Waals surface area contributed by atoms with Gasteiger partial charge in [-0.2, -0.15) is 0 Å². The summed E-state index contributed by atoms with van der Waals surface area (Å²) >= 11 is 0. The molecule has 2 amide bonds. The number of urea groups is 1. The molecule has 2 fully saturated rings. The molecule has 5 atom stereocenters. The maximum absolute atomic E-state index is 12.2. The quantitative estimate of drug-likeness (QED) is 0.243. The summed E-state index contributed by atoms with van der Waals surface area (Å²) < 4.78 is 32.0. The average molecular weight is 603 g/mol. The first kappa shape index (κ1) is 29.0. The highest BCUT2D eigenvalue weighted by Crippen LogP contribution is 2.41. The van der Waals surface area contributed by atoms with Crippen molar-refractivity contribution in [2.75, 3.05) is 25.6 Å². The standard InChI is InChI=1S/C30H30N6O8/c1-3-31-30(39)35-26-23-27(33-15-32-26)36(16-34-23)28-25-24(43-22(44-25)12-9-17-7-5-4-6-8-17)21(42-28)14-41-20-13-18(40-2)10-11-19(20)29(37)38/h4-13,15-16,21-22,24-25,28H,3,14H2,1-2H3,(H,37,38)(H2,31,32,33,35,39)/b12-9+/t21?,22-,24?,25?,28?/m0/s1. The van der Waals surface area contributed by atoms with Crippen LogP contribution in [0.3, 0.4) is 0 Å². The molecule has 44 heavy (non-hydrogen) atoms. The Balaban J connectivity index is 1.28. The molecule has 0 aliphatic carbocycles. The minimum absolute atomic E-state index is 0.0198. The summed E-state index contributed by atoms with van der Waals surface area (Å²) in [5, 5.41) is 15.0. The molecule has 4 aromatic rings. The summed E-state index contributed by atoms with van der Waals surface area (Å²) in [4.78, 5) is 37.0. The summed E-state index contributed by atoms with van der Waals surface area (Å²) in [6.07, 6.45) is 3.28. The van der Waals surface area contributed by atoms with Gasteiger partial charge in [0, 0.05) is 12.6 Å². The fraction of sp³-hybridized carbons (Fsp3) is 0.300. The van der Waals surface area contributed by atoms with Crippen molar-refractivity contribution in [2.45, 2.75) is 37.8 Å². The largest absolute Gasteiger partial charge is 0.497 e. The molecule has 2 saturated heterocycles. The van der Waals surface area contributed by atoms with E-state index < -0.39 is 42.8 Å². The molecule has 0 saturated carbocycles. The Morgan fingerprint density at radius 1 is 1.07 bits per heavy atom. The fourth-order valence-electron chi connectivity index (χ4n) is 5.10. The number of aromatic carboxylic acids is 1. The summed E-state index contributed by atoms with van der Waals surface area (Å²) in [6, 6.07) is 13.8. The number of methoxy groups -OCH3 is 1. The fourth-order valence-corrected chi connectivity index (χ4v) is 5.10. The number of anilines is 1. The van der Waals surface area contributed by atoms with E-state index >= 15 is 0 Å². The van der Waals surface area contributed by atoms with E-state index in [1.807, 2.05) is 42.5 Å². The van der Waals surface area contributed by atoms with Gasteiger partial charge in [0.1, 0.15) is 48.3 Å². The molecule has 0 radical (unpaired) electrons. The van der Waals surface area contributed by atoms with Crippen LogP contribution in [0.4, 0.5) is 10.6 Å². The predicted octanol–water partition coefficient (Wildman–Crippen LogP) is 3.47. The second-order valence-electron chi connectivity index (χ2n) is 9.91. The third-order valence-electron chi connectivity index (χ3n) is 7.14. The minimum atomic E-state index is -1.14. The van der Waals surface area contributed by atoms with E-state index in [9.17, 15) is 14.7 Å². The van der Waals surface area contributed by atoms with Gasteiger partial charge in [0.15, 0.2) is 29.5 Å². The lowest BCUT2D eigenvalue weighted by Crippen LogP contribution is -2.33. The molecule has 6 rings (SSSR count). The Kier molecular flexibility index (Phi) is 8.36. The van der Waals surface area contributed by atoms with Gasteiger partial charge in [0.25, 0.3) is 0 Å². The van der Waals surface area contributed by atoms with Crippen LogP contribution in [0, 0.1) is 0 Å². The molecule has 2 aliphatic heterocycles. The smallest absolute Gasteiger partial charge is 0.339 e. The first-order valence-electron chi connectivity index (χ1n) is 13.9. The highest BCUT2D eigenvalue weighted by Gasteiger charge is 2.53. The molecule has 2 aliphatic rings. The molecule has 228 valence electrons. The highest BCUT2D eigenvalue weighted by atomic mass is 16.8. The van der Waals surface area contributed by atoms with Gasteiger partial charge >= 0.3 is 12.0 Å². The number of hydrogen-bond acceptors (Lipinski definition) is 10. The van der Waals surface area contributed by atoms with Crippen molar-refractivity contribution in [3.63, 3.8) is 0 Å². The van der Waals surface area contributed by atoms with Gasteiger partial charge in [-0.25, -0.2) is 24.5 Å². The zero-order chi connectivity index (χ0) is 30.6. The molecular weight excluding hydrogens is 572 g/mol. The van der Waals surface area contributed by atoms with Gasteiger partial charge in [-0.3, -0.25) is 9.88 Å². The van der Waals surface area contributed by atoms with Crippen LogP contribution in [-0.2, 0) is 14.2 Å². The number of nitrogens with one attached hydrogen (secondary N) is 2. The number of nitrogens with zero attached hydrogens (tertiary/aromatic N) is 4. The number of carbonyl (C=O) groups excluding carboxylic acids is 1. The van der Waals surface area contributed by atoms with Crippen molar-refractivity contribution >= 4 is 35.1 Å². The number of carbonyl (C=O) groups is 2. The van der Waals surface area contributed by atoms with Gasteiger partial charge in [-0.15, -0.1) is 0 Å². The average Bonchev–Trinajstić information content (AvgIpc) is 3.74. The number of rotatable bonds is 10. The molecular formula is C30H30N6O8. The molecule has 3 N–H and O–H groups in total. The van der Waals surface area contributed by atoms with Crippen molar-refractivity contribution in [1.82, 2.24) is 24.8 Å². The van der Waals surface area contributed by atoms with E-state index in [1.165, 1.54) is 31.9 Å². The number of aromatic nitrogens is 4. The molecule has 4 heterocycles. The van der Waals surface area contributed by atoms with Gasteiger partial charge < -0.3 is 34.1 Å². The SMILES string of the molecule is CCNC(=O)Nc1ncnc2c1ncn2C1OC(COc2cc(OC)ccc2C(=O)O)C2O[C@H](/C=C/c3ccccc3)OC21. The lowest BCUT2D eigenvalue weighted by atomic mass is 10.1. The molecule has 2 aromatic carbocycles. The van der Waals surface area contributed by atoms with Crippen LogP contribution < -0.4 is 20.1 Å². The van der Waals surface area contributed by atoms with Crippen molar-refractivity contribution in [1.29, 1.82) is 0 Å². The van der Waals surface area contributed by atoms with Crippen LogP contribution in [0.5, 0.6) is 11.5 Å². The first-order valence-corrected chi connectivity index (χ1v) is 13.9. The highest BCUT2D eigenvalue weighted by molar-refractivity contribution is 5.95. The number of carboxylic acid groups (broad SMARTS) is 1.